The van der Waals surface area contributed by atoms with Gasteiger partial charge in [0.05, 0.1) is 0 Å². The summed E-state index contributed by atoms with van der Waals surface area (Å²) in [6.07, 6.45) is 39.0. The second-order valence-corrected chi connectivity index (χ2v) is 13.6. The molecule has 1 aliphatic heterocycles. The van der Waals surface area contributed by atoms with Crippen molar-refractivity contribution < 1.29 is 19.5 Å². The van der Waals surface area contributed by atoms with Crippen LogP contribution in [0.3, 0.4) is 0 Å². The van der Waals surface area contributed by atoms with Gasteiger partial charge in [0.2, 0.25) is 11.8 Å². The van der Waals surface area contributed by atoms with Crippen molar-refractivity contribution in [3.63, 3.8) is 0 Å². The van der Waals surface area contributed by atoms with Gasteiger partial charge in [0.25, 0.3) is 0 Å². The number of carbonyl (C=O) groups is 3. The van der Waals surface area contributed by atoms with Crippen LogP contribution in [0, 0.1) is 0 Å². The summed E-state index contributed by atoms with van der Waals surface area (Å²) in [7, 11) is 3.93. The summed E-state index contributed by atoms with van der Waals surface area (Å²) in [5.41, 5.74) is 0. The maximum atomic E-state index is 12.2. The van der Waals surface area contributed by atoms with Gasteiger partial charge in [0.15, 0.2) is 0 Å². The Balaban J connectivity index is 2.03. The number of aliphatic carboxylic acids is 1. The number of carbonyl (C=O) groups excluding carboxylic acids is 2. The SMILES string of the molecule is CC/C=C\C/C=C\C/C=C\C/C=C\C/C=C\C/C=C\CCC(=O)N[C@@H](CCCCNC(=O)CCCCC1CCSS1)C(=O)O. The molecule has 2 amide bonds. The molecule has 2 atom stereocenters. The van der Waals surface area contributed by atoms with Crippen LogP contribution in [0.5, 0.6) is 0 Å². The van der Waals surface area contributed by atoms with Crippen LogP contribution in [0.4, 0.5) is 0 Å². The maximum absolute atomic E-state index is 12.2. The smallest absolute Gasteiger partial charge is 0.326 e. The van der Waals surface area contributed by atoms with E-state index in [0.29, 0.717) is 38.6 Å². The Morgan fingerprint density at radius 2 is 1.34 bits per heavy atom. The van der Waals surface area contributed by atoms with E-state index in [-0.39, 0.29) is 18.2 Å². The molecular weight excluding hydrogens is 589 g/mol. The van der Waals surface area contributed by atoms with Gasteiger partial charge in [-0.2, -0.15) is 0 Å². The number of carboxylic acids is 1. The van der Waals surface area contributed by atoms with Crippen molar-refractivity contribution in [2.75, 3.05) is 12.3 Å². The molecule has 0 aromatic carbocycles. The van der Waals surface area contributed by atoms with E-state index in [4.69, 9.17) is 0 Å². The zero-order valence-electron chi connectivity index (χ0n) is 26.8. The Kier molecular flexibility index (Phi) is 26.3. The fourth-order valence-electron chi connectivity index (χ4n) is 4.39. The Hall–Kier alpha value is -2.45. The second kappa shape index (κ2) is 29.3. The van der Waals surface area contributed by atoms with E-state index in [9.17, 15) is 19.5 Å². The van der Waals surface area contributed by atoms with Crippen LogP contribution in [0.15, 0.2) is 72.9 Å². The van der Waals surface area contributed by atoms with Gasteiger partial charge in [-0.15, -0.1) is 0 Å². The first-order valence-electron chi connectivity index (χ1n) is 16.5. The van der Waals surface area contributed by atoms with Gasteiger partial charge in [-0.05, 0) is 83.5 Å². The lowest BCUT2D eigenvalue weighted by molar-refractivity contribution is -0.142. The van der Waals surface area contributed by atoms with Gasteiger partial charge in [-0.3, -0.25) is 9.59 Å². The van der Waals surface area contributed by atoms with Gasteiger partial charge in [-0.1, -0.05) is 108 Å². The van der Waals surface area contributed by atoms with Crippen molar-refractivity contribution in [3.8, 4) is 0 Å². The molecule has 1 heterocycles. The highest BCUT2D eigenvalue weighted by Crippen LogP contribution is 2.39. The molecule has 1 unspecified atom stereocenters. The number of hydrogen-bond donors (Lipinski definition) is 3. The summed E-state index contributed by atoms with van der Waals surface area (Å²) >= 11 is 0. The summed E-state index contributed by atoms with van der Waals surface area (Å²) in [6, 6.07) is -0.893. The van der Waals surface area contributed by atoms with E-state index in [1.165, 1.54) is 18.6 Å². The molecule has 3 N–H and O–H groups in total. The molecule has 0 saturated carbocycles. The van der Waals surface area contributed by atoms with Gasteiger partial charge in [0.1, 0.15) is 6.04 Å². The van der Waals surface area contributed by atoms with E-state index in [0.717, 1.165) is 56.6 Å². The molecule has 44 heavy (non-hydrogen) atoms. The Bertz CT molecular complexity index is 950. The second-order valence-electron chi connectivity index (χ2n) is 10.8. The average Bonchev–Trinajstić information content (AvgIpc) is 3.53. The van der Waals surface area contributed by atoms with Crippen molar-refractivity contribution in [2.45, 2.75) is 121 Å². The molecule has 246 valence electrons. The van der Waals surface area contributed by atoms with Crippen molar-refractivity contribution in [2.24, 2.45) is 0 Å². The molecule has 1 aliphatic rings. The molecule has 6 nitrogen and oxygen atoms in total. The van der Waals surface area contributed by atoms with E-state index in [2.05, 4.69) is 78.3 Å². The number of nitrogens with one attached hydrogen (secondary N) is 2. The summed E-state index contributed by atoms with van der Waals surface area (Å²) in [6.45, 7) is 2.68. The number of amides is 2. The lowest BCUT2D eigenvalue weighted by Gasteiger charge is -2.14. The lowest BCUT2D eigenvalue weighted by Crippen LogP contribution is -2.40. The molecule has 8 heteroatoms. The zero-order chi connectivity index (χ0) is 31.9. The summed E-state index contributed by atoms with van der Waals surface area (Å²) < 4.78 is 0. The minimum Gasteiger partial charge on any atom is -0.480 e. The van der Waals surface area contributed by atoms with E-state index >= 15 is 0 Å². The fraction of sp³-hybridized carbons (Fsp3) is 0.583. The lowest BCUT2D eigenvalue weighted by atomic mass is 10.1. The van der Waals surface area contributed by atoms with Crippen LogP contribution >= 0.6 is 21.6 Å². The van der Waals surface area contributed by atoms with Crippen molar-refractivity contribution >= 4 is 39.4 Å². The van der Waals surface area contributed by atoms with Crippen molar-refractivity contribution in [3.05, 3.63) is 72.9 Å². The first kappa shape index (κ1) is 39.6. The molecule has 0 aromatic heterocycles. The number of rotatable bonds is 26. The molecular formula is C36H56N2O4S2. The highest BCUT2D eigenvalue weighted by Gasteiger charge is 2.19. The minimum absolute atomic E-state index is 0.0657. The monoisotopic (exact) mass is 644 g/mol. The summed E-state index contributed by atoms with van der Waals surface area (Å²) in [5, 5.41) is 15.8. The highest BCUT2D eigenvalue weighted by molar-refractivity contribution is 8.77. The first-order valence-corrected chi connectivity index (χ1v) is 18.9. The van der Waals surface area contributed by atoms with Crippen LogP contribution in [0.25, 0.3) is 0 Å². The number of hydrogen-bond acceptors (Lipinski definition) is 5. The minimum atomic E-state index is -1.02. The van der Waals surface area contributed by atoms with Gasteiger partial charge >= 0.3 is 5.97 Å². The standard InChI is InChI=1S/C36H56N2O4S2/c1-2-3-4-5-6-7-8-9-10-11-12-13-14-15-16-17-18-19-20-28-35(40)38-33(36(41)42)26-23-24-30-37-34(39)27-22-21-25-32-29-31-43-44-32/h3-4,6-7,9-10,12-13,15-16,18-19,32-33H,2,5,8,11,14,17,20-31H2,1H3,(H,37,39)(H,38,40)(H,41,42)/b4-3-,7-6-,10-9-,13-12-,16-15-,19-18-/t32?,33-/m0/s1. The summed E-state index contributed by atoms with van der Waals surface area (Å²) in [5.74, 6) is 0.0398. The number of unbranched alkanes of at least 4 members (excludes halogenated alkanes) is 2. The molecule has 0 radical (unpaired) electrons. The van der Waals surface area contributed by atoms with Crippen molar-refractivity contribution in [1.82, 2.24) is 10.6 Å². The largest absolute Gasteiger partial charge is 0.480 e. The van der Waals surface area contributed by atoms with E-state index in [1.807, 2.05) is 33.7 Å². The topological polar surface area (TPSA) is 95.5 Å². The predicted octanol–water partition coefficient (Wildman–Crippen LogP) is 9.03. The maximum Gasteiger partial charge on any atom is 0.326 e. The molecule has 0 spiro atoms. The van der Waals surface area contributed by atoms with Crippen LogP contribution < -0.4 is 10.6 Å². The molecule has 1 fully saturated rings. The van der Waals surface area contributed by atoms with E-state index < -0.39 is 12.0 Å². The molecule has 1 saturated heterocycles. The third-order valence-electron chi connectivity index (χ3n) is 6.92. The average molecular weight is 645 g/mol. The molecule has 0 aliphatic carbocycles. The quantitative estimate of drug-likeness (QED) is 0.0494. The number of allylic oxidation sites excluding steroid dienone is 12. The third kappa shape index (κ3) is 24.9. The predicted molar refractivity (Wildman–Crippen MR) is 191 cm³/mol. The molecule has 0 aromatic rings. The zero-order valence-corrected chi connectivity index (χ0v) is 28.4. The Morgan fingerprint density at radius 1 is 0.750 bits per heavy atom. The van der Waals surface area contributed by atoms with Crippen LogP contribution in [0.2, 0.25) is 0 Å². The molecule has 1 rings (SSSR count). The van der Waals surface area contributed by atoms with Gasteiger partial charge in [0, 0.05) is 30.4 Å². The first-order chi connectivity index (χ1) is 21.5. The van der Waals surface area contributed by atoms with E-state index in [1.54, 1.807) is 0 Å². The van der Waals surface area contributed by atoms with Crippen LogP contribution in [-0.2, 0) is 14.4 Å². The number of carboxylic acid groups (broad SMARTS) is 1. The Morgan fingerprint density at radius 3 is 1.89 bits per heavy atom. The Labute approximate surface area is 274 Å². The van der Waals surface area contributed by atoms with Crippen molar-refractivity contribution in [1.29, 1.82) is 0 Å². The third-order valence-corrected chi connectivity index (χ3v) is 9.92. The van der Waals surface area contributed by atoms with Crippen LogP contribution in [0.1, 0.15) is 110 Å². The van der Waals surface area contributed by atoms with Gasteiger partial charge in [-0.25, -0.2) is 4.79 Å². The molecule has 0 bridgehead atoms. The van der Waals surface area contributed by atoms with Crippen LogP contribution in [-0.4, -0.2) is 46.5 Å². The normalized spacial score (nSPS) is 16.4. The highest BCUT2D eigenvalue weighted by atomic mass is 33.1. The summed E-state index contributed by atoms with van der Waals surface area (Å²) in [4.78, 5) is 35.8. The fourth-order valence-corrected chi connectivity index (χ4v) is 7.42. The van der Waals surface area contributed by atoms with Gasteiger partial charge < -0.3 is 15.7 Å².